The zero-order chi connectivity index (χ0) is 26.0. The van der Waals surface area contributed by atoms with Crippen molar-refractivity contribution in [1.82, 2.24) is 0 Å². The molecule has 2 saturated heterocycles. The highest BCUT2D eigenvalue weighted by atomic mass is 31.2. The van der Waals surface area contributed by atoms with E-state index in [1.165, 1.54) is 0 Å². The Bertz CT molecular complexity index is 1140. The molecular weight excluding hydrogens is 507 g/mol. The quantitative estimate of drug-likeness (QED) is 0.272. The maximum absolute atomic E-state index is 13.1. The normalized spacial score (nSPS) is 24.8. The fraction of sp³-hybridized carbons (Fsp3) is 0.379. The molecule has 0 aliphatic carbocycles. The number of benzene rings is 3. The highest BCUT2D eigenvalue weighted by Crippen LogP contribution is 2.54. The van der Waals surface area contributed by atoms with E-state index in [2.05, 4.69) is 0 Å². The van der Waals surface area contributed by atoms with Crippen LogP contribution >= 0.6 is 7.82 Å². The molecule has 8 nitrogen and oxygen atoms in total. The van der Waals surface area contributed by atoms with Crippen molar-refractivity contribution in [2.45, 2.75) is 50.8 Å². The third-order valence-electron chi connectivity index (χ3n) is 6.25. The van der Waals surface area contributed by atoms with Crippen molar-refractivity contribution in [2.75, 3.05) is 19.8 Å². The van der Waals surface area contributed by atoms with Crippen LogP contribution in [0.1, 0.15) is 23.1 Å². The Morgan fingerprint density at radius 1 is 0.684 bits per heavy atom. The first kappa shape index (κ1) is 27.2. The maximum atomic E-state index is 13.1. The minimum Gasteiger partial charge on any atom is -0.374 e. The molecular formula is C29H33O8P. The number of hydrogen-bond acceptors (Lipinski definition) is 8. The van der Waals surface area contributed by atoms with Gasteiger partial charge in [0.05, 0.1) is 39.6 Å². The van der Waals surface area contributed by atoms with Crippen LogP contribution in [0.2, 0.25) is 0 Å². The Labute approximate surface area is 223 Å². The highest BCUT2D eigenvalue weighted by Gasteiger charge is 2.51. The average molecular weight is 541 g/mol. The minimum absolute atomic E-state index is 0.228. The summed E-state index contributed by atoms with van der Waals surface area (Å²) in [4.78, 5) is 0. The fourth-order valence-electron chi connectivity index (χ4n) is 4.33. The van der Waals surface area contributed by atoms with Gasteiger partial charge in [0.2, 0.25) is 0 Å². The maximum Gasteiger partial charge on any atom is 0.477 e. The van der Waals surface area contributed by atoms with E-state index in [1.54, 1.807) is 0 Å². The Kier molecular flexibility index (Phi) is 9.73. The summed E-state index contributed by atoms with van der Waals surface area (Å²) in [6, 6.07) is 29.6. The molecule has 4 atom stereocenters. The van der Waals surface area contributed by atoms with Crippen LogP contribution in [0.4, 0.5) is 0 Å². The summed E-state index contributed by atoms with van der Waals surface area (Å²) in [6.45, 7) is 1.85. The van der Waals surface area contributed by atoms with Crippen LogP contribution in [0.15, 0.2) is 91.0 Å². The number of hydrogen-bond donors (Lipinski definition) is 0. The minimum atomic E-state index is -3.80. The van der Waals surface area contributed by atoms with Gasteiger partial charge < -0.3 is 18.9 Å². The lowest BCUT2D eigenvalue weighted by atomic mass is 10.1. The molecule has 0 aromatic heterocycles. The molecule has 5 rings (SSSR count). The molecule has 3 aromatic carbocycles. The first-order valence-corrected chi connectivity index (χ1v) is 14.3. The highest BCUT2D eigenvalue weighted by molar-refractivity contribution is 7.48. The molecule has 0 N–H and O–H groups in total. The van der Waals surface area contributed by atoms with Gasteiger partial charge in [-0.05, 0) is 23.1 Å². The van der Waals surface area contributed by atoms with Crippen LogP contribution in [0.5, 0.6) is 0 Å². The molecule has 3 aromatic rings. The van der Waals surface area contributed by atoms with Gasteiger partial charge in [0.1, 0.15) is 18.3 Å². The summed E-state index contributed by atoms with van der Waals surface area (Å²) in [5, 5.41) is 0. The molecule has 202 valence electrons. The lowest BCUT2D eigenvalue weighted by Crippen LogP contribution is -2.39. The van der Waals surface area contributed by atoms with Crippen molar-refractivity contribution in [3.63, 3.8) is 0 Å². The second-order valence-corrected chi connectivity index (χ2v) is 10.8. The van der Waals surface area contributed by atoms with E-state index in [4.69, 9.17) is 32.5 Å². The number of ether oxygens (including phenoxy) is 4. The monoisotopic (exact) mass is 540 g/mol. The van der Waals surface area contributed by atoms with Crippen molar-refractivity contribution in [3.05, 3.63) is 108 Å². The Morgan fingerprint density at radius 3 is 1.74 bits per heavy atom. The summed E-state index contributed by atoms with van der Waals surface area (Å²) in [7, 11) is -3.80. The first-order chi connectivity index (χ1) is 18.7. The van der Waals surface area contributed by atoms with Crippen LogP contribution in [0.3, 0.4) is 0 Å². The smallest absolute Gasteiger partial charge is 0.374 e. The number of rotatable bonds is 12. The fourth-order valence-corrected chi connectivity index (χ4v) is 5.65. The van der Waals surface area contributed by atoms with E-state index in [0.29, 0.717) is 26.2 Å². The van der Waals surface area contributed by atoms with Crippen molar-refractivity contribution in [3.8, 4) is 0 Å². The van der Waals surface area contributed by atoms with Gasteiger partial charge in [0.15, 0.2) is 6.29 Å². The zero-order valence-electron chi connectivity index (χ0n) is 21.1. The summed E-state index contributed by atoms with van der Waals surface area (Å²) in [5.74, 6) is 0. The van der Waals surface area contributed by atoms with Crippen molar-refractivity contribution < 1.29 is 37.1 Å². The molecule has 38 heavy (non-hydrogen) atoms. The van der Waals surface area contributed by atoms with Gasteiger partial charge in [-0.3, -0.25) is 13.6 Å². The van der Waals surface area contributed by atoms with Gasteiger partial charge in [-0.15, -0.1) is 0 Å². The van der Waals surface area contributed by atoms with E-state index in [1.807, 2.05) is 91.0 Å². The largest absolute Gasteiger partial charge is 0.477 e. The van der Waals surface area contributed by atoms with Gasteiger partial charge >= 0.3 is 7.82 Å². The Hall–Kier alpha value is -2.39. The standard InChI is InChI=1S/C29H33O8P/c30-38(34-17-10-18-35-38)37-29-28(33-21-25-15-8-3-9-16-25)27(32-20-24-13-6-2-7-14-24)26(36-29)22-31-19-23-11-4-1-5-12-23/h1-9,11-16,26-29H,10,17-22H2/t26-,27-,28+,29?/m1/s1. The van der Waals surface area contributed by atoms with E-state index >= 15 is 0 Å². The van der Waals surface area contributed by atoms with Gasteiger partial charge in [-0.2, -0.15) is 0 Å². The van der Waals surface area contributed by atoms with Crippen LogP contribution in [0, 0.1) is 0 Å². The molecule has 9 heteroatoms. The summed E-state index contributed by atoms with van der Waals surface area (Å²) in [6.07, 6.45) is -2.19. The van der Waals surface area contributed by atoms with Crippen LogP contribution in [-0.4, -0.2) is 44.4 Å². The summed E-state index contributed by atoms with van der Waals surface area (Å²) >= 11 is 0. The van der Waals surface area contributed by atoms with E-state index in [0.717, 1.165) is 16.7 Å². The Balaban J connectivity index is 1.33. The molecule has 1 unspecified atom stereocenters. The van der Waals surface area contributed by atoms with Crippen molar-refractivity contribution in [2.24, 2.45) is 0 Å². The SMILES string of the molecule is O=P1(OC2O[C@H](COCc3ccccc3)[C@@H](OCc3ccccc3)[C@@H]2OCc2ccccc2)OCCCO1. The molecule has 2 aliphatic heterocycles. The Morgan fingerprint density at radius 2 is 1.18 bits per heavy atom. The van der Waals surface area contributed by atoms with Gasteiger partial charge in [-0.1, -0.05) is 91.0 Å². The third-order valence-corrected chi connectivity index (χ3v) is 7.72. The lowest BCUT2D eigenvalue weighted by Gasteiger charge is -2.28. The second kappa shape index (κ2) is 13.6. The zero-order valence-corrected chi connectivity index (χ0v) is 22.0. The average Bonchev–Trinajstić information content (AvgIpc) is 3.27. The van der Waals surface area contributed by atoms with E-state index in [9.17, 15) is 4.57 Å². The molecule has 0 radical (unpaired) electrons. The van der Waals surface area contributed by atoms with Crippen molar-refractivity contribution in [1.29, 1.82) is 0 Å². The van der Waals surface area contributed by atoms with E-state index < -0.39 is 32.4 Å². The van der Waals surface area contributed by atoms with Crippen LogP contribution in [-0.2, 0) is 56.9 Å². The molecule has 2 aliphatic rings. The molecule has 2 heterocycles. The lowest BCUT2D eigenvalue weighted by molar-refractivity contribution is -0.152. The van der Waals surface area contributed by atoms with E-state index in [-0.39, 0.29) is 19.8 Å². The topological polar surface area (TPSA) is 81.7 Å². The van der Waals surface area contributed by atoms with Crippen LogP contribution in [0.25, 0.3) is 0 Å². The second-order valence-electron chi connectivity index (χ2n) is 9.14. The van der Waals surface area contributed by atoms with Gasteiger partial charge in [0, 0.05) is 0 Å². The van der Waals surface area contributed by atoms with Gasteiger partial charge in [0.25, 0.3) is 0 Å². The summed E-state index contributed by atoms with van der Waals surface area (Å²) in [5.41, 5.74) is 3.04. The van der Waals surface area contributed by atoms with Crippen molar-refractivity contribution >= 4 is 7.82 Å². The molecule has 0 bridgehead atoms. The first-order valence-electron chi connectivity index (χ1n) is 12.8. The molecule has 0 amide bonds. The number of phosphoric ester groups is 1. The molecule has 0 saturated carbocycles. The van der Waals surface area contributed by atoms with Gasteiger partial charge in [-0.25, -0.2) is 4.57 Å². The van der Waals surface area contributed by atoms with Crippen LogP contribution < -0.4 is 0 Å². The third kappa shape index (κ3) is 7.59. The molecule has 2 fully saturated rings. The summed E-state index contributed by atoms with van der Waals surface area (Å²) < 4.78 is 54.7. The molecule has 0 spiro atoms. The predicted molar refractivity (Wildman–Crippen MR) is 140 cm³/mol. The predicted octanol–water partition coefficient (Wildman–Crippen LogP) is 5.66. The number of phosphoric acid groups is 1.